The molecule has 0 heterocycles. The van der Waals surface area contributed by atoms with Crippen LogP contribution in [0.15, 0.2) is 30.3 Å². The quantitative estimate of drug-likeness (QED) is 0.815. The summed E-state index contributed by atoms with van der Waals surface area (Å²) >= 11 is 0. The van der Waals surface area contributed by atoms with Gasteiger partial charge in [-0.3, -0.25) is 4.79 Å². The van der Waals surface area contributed by atoms with E-state index in [2.05, 4.69) is 17.4 Å². The summed E-state index contributed by atoms with van der Waals surface area (Å²) in [5.74, 6) is -0.157. The van der Waals surface area contributed by atoms with E-state index in [1.165, 1.54) is 5.56 Å². The van der Waals surface area contributed by atoms with Crippen molar-refractivity contribution >= 4 is 5.97 Å². The van der Waals surface area contributed by atoms with E-state index in [1.807, 2.05) is 45.9 Å². The second kappa shape index (κ2) is 6.55. The van der Waals surface area contributed by atoms with Crippen molar-refractivity contribution in [2.75, 3.05) is 0 Å². The molecular formula is C15H23NO2. The van der Waals surface area contributed by atoms with Crippen molar-refractivity contribution in [3.05, 3.63) is 35.9 Å². The van der Waals surface area contributed by atoms with E-state index in [4.69, 9.17) is 4.74 Å². The van der Waals surface area contributed by atoms with Gasteiger partial charge in [0.2, 0.25) is 0 Å². The van der Waals surface area contributed by atoms with Gasteiger partial charge in [0.05, 0.1) is 6.42 Å². The van der Waals surface area contributed by atoms with Crippen LogP contribution in [-0.4, -0.2) is 17.6 Å². The predicted molar refractivity (Wildman–Crippen MR) is 73.2 cm³/mol. The molecule has 0 spiro atoms. The van der Waals surface area contributed by atoms with Gasteiger partial charge in [-0.15, -0.1) is 0 Å². The van der Waals surface area contributed by atoms with Gasteiger partial charge in [-0.1, -0.05) is 30.3 Å². The third kappa shape index (κ3) is 6.40. The number of hydrogen-bond acceptors (Lipinski definition) is 3. The topological polar surface area (TPSA) is 38.3 Å². The first-order valence-electron chi connectivity index (χ1n) is 6.36. The number of carbonyl (C=O) groups excluding carboxylic acids is 1. The number of carbonyl (C=O) groups is 1. The Labute approximate surface area is 110 Å². The molecule has 0 saturated heterocycles. The molecule has 3 nitrogen and oxygen atoms in total. The summed E-state index contributed by atoms with van der Waals surface area (Å²) in [6, 6.07) is 10.2. The van der Waals surface area contributed by atoms with Crippen LogP contribution in [0.2, 0.25) is 0 Å². The molecule has 0 saturated carbocycles. The summed E-state index contributed by atoms with van der Waals surface area (Å²) in [6.07, 6.45) is 0.393. The third-order valence-electron chi connectivity index (χ3n) is 2.39. The van der Waals surface area contributed by atoms with Gasteiger partial charge in [-0.2, -0.15) is 0 Å². The van der Waals surface area contributed by atoms with Crippen molar-refractivity contribution in [1.29, 1.82) is 0 Å². The predicted octanol–water partition coefficient (Wildman–Crippen LogP) is 2.90. The maximum atomic E-state index is 11.6. The number of ether oxygens (including phenoxy) is 1. The lowest BCUT2D eigenvalue weighted by Gasteiger charge is -2.21. The molecule has 3 heteroatoms. The lowest BCUT2D eigenvalue weighted by molar-refractivity contribution is -0.155. The van der Waals surface area contributed by atoms with E-state index in [0.29, 0.717) is 6.42 Å². The Kier molecular flexibility index (Phi) is 5.35. The van der Waals surface area contributed by atoms with Crippen molar-refractivity contribution in [2.45, 2.75) is 52.3 Å². The lowest BCUT2D eigenvalue weighted by Crippen LogP contribution is -2.31. The highest BCUT2D eigenvalue weighted by molar-refractivity contribution is 5.70. The Morgan fingerprint density at radius 3 is 2.44 bits per heavy atom. The lowest BCUT2D eigenvalue weighted by atomic mass is 10.1. The maximum Gasteiger partial charge on any atom is 0.307 e. The van der Waals surface area contributed by atoms with Crippen LogP contribution in [0, 0.1) is 0 Å². The minimum absolute atomic E-state index is 0.111. The van der Waals surface area contributed by atoms with Crippen molar-refractivity contribution in [1.82, 2.24) is 5.32 Å². The van der Waals surface area contributed by atoms with Gasteiger partial charge in [-0.05, 0) is 33.3 Å². The molecule has 0 aliphatic rings. The first-order valence-corrected chi connectivity index (χ1v) is 6.36. The van der Waals surface area contributed by atoms with Crippen molar-refractivity contribution in [3.8, 4) is 0 Å². The minimum Gasteiger partial charge on any atom is -0.460 e. The van der Waals surface area contributed by atoms with Crippen LogP contribution in [0.5, 0.6) is 0 Å². The molecule has 0 bridgehead atoms. The zero-order valence-corrected chi connectivity index (χ0v) is 11.7. The first-order chi connectivity index (χ1) is 8.37. The van der Waals surface area contributed by atoms with Crippen molar-refractivity contribution in [2.24, 2.45) is 0 Å². The highest BCUT2D eigenvalue weighted by atomic mass is 16.6. The molecule has 0 amide bonds. The molecule has 0 fully saturated rings. The fourth-order valence-corrected chi connectivity index (χ4v) is 1.59. The summed E-state index contributed by atoms with van der Waals surface area (Å²) < 4.78 is 5.28. The van der Waals surface area contributed by atoms with Gasteiger partial charge >= 0.3 is 5.97 Å². The molecule has 100 valence electrons. The van der Waals surface area contributed by atoms with Gasteiger partial charge in [0.25, 0.3) is 0 Å². The standard InChI is InChI=1S/C15H23NO2/c1-12(10-14(17)18-15(2,3)4)16-11-13-8-6-5-7-9-13/h5-9,12,16H,10-11H2,1-4H3/t12-/m0/s1. The van der Waals surface area contributed by atoms with E-state index < -0.39 is 5.60 Å². The van der Waals surface area contributed by atoms with Gasteiger partial charge in [0.1, 0.15) is 5.60 Å². The second-order valence-electron chi connectivity index (χ2n) is 5.56. The smallest absolute Gasteiger partial charge is 0.307 e. The van der Waals surface area contributed by atoms with Gasteiger partial charge in [0.15, 0.2) is 0 Å². The largest absolute Gasteiger partial charge is 0.460 e. The average molecular weight is 249 g/mol. The molecule has 0 aliphatic carbocycles. The third-order valence-corrected chi connectivity index (χ3v) is 2.39. The molecule has 1 N–H and O–H groups in total. The number of hydrogen-bond donors (Lipinski definition) is 1. The van der Waals surface area contributed by atoms with Crippen LogP contribution in [0.4, 0.5) is 0 Å². The second-order valence-corrected chi connectivity index (χ2v) is 5.56. The highest BCUT2D eigenvalue weighted by Gasteiger charge is 2.18. The van der Waals surface area contributed by atoms with Crippen molar-refractivity contribution in [3.63, 3.8) is 0 Å². The Morgan fingerprint density at radius 1 is 1.28 bits per heavy atom. The fraction of sp³-hybridized carbons (Fsp3) is 0.533. The van der Waals surface area contributed by atoms with Crippen LogP contribution in [0.1, 0.15) is 39.7 Å². The zero-order valence-electron chi connectivity index (χ0n) is 11.7. The van der Waals surface area contributed by atoms with Crippen molar-refractivity contribution < 1.29 is 9.53 Å². The van der Waals surface area contributed by atoms with Crippen LogP contribution >= 0.6 is 0 Å². The molecule has 1 aromatic carbocycles. The van der Waals surface area contributed by atoms with E-state index in [0.717, 1.165) is 6.54 Å². The Balaban J connectivity index is 2.29. The zero-order chi connectivity index (χ0) is 13.6. The first kappa shape index (κ1) is 14.7. The molecule has 1 atom stereocenters. The van der Waals surface area contributed by atoms with Crippen LogP contribution in [-0.2, 0) is 16.1 Å². The van der Waals surface area contributed by atoms with E-state index in [9.17, 15) is 4.79 Å². The molecule has 0 radical (unpaired) electrons. The van der Waals surface area contributed by atoms with Gasteiger partial charge in [-0.25, -0.2) is 0 Å². The van der Waals surface area contributed by atoms with E-state index in [-0.39, 0.29) is 12.0 Å². The highest BCUT2D eigenvalue weighted by Crippen LogP contribution is 2.09. The summed E-state index contributed by atoms with van der Waals surface area (Å²) in [5, 5.41) is 3.31. The van der Waals surface area contributed by atoms with Gasteiger partial charge in [0, 0.05) is 12.6 Å². The molecule has 1 aromatic rings. The molecular weight excluding hydrogens is 226 g/mol. The summed E-state index contributed by atoms with van der Waals surface area (Å²) in [5.41, 5.74) is 0.810. The monoisotopic (exact) mass is 249 g/mol. The number of esters is 1. The fourth-order valence-electron chi connectivity index (χ4n) is 1.59. The van der Waals surface area contributed by atoms with Crippen LogP contribution in [0.3, 0.4) is 0 Å². The molecule has 1 rings (SSSR count). The average Bonchev–Trinajstić information content (AvgIpc) is 2.25. The summed E-state index contributed by atoms with van der Waals surface area (Å²) in [7, 11) is 0. The normalized spacial score (nSPS) is 13.1. The summed E-state index contributed by atoms with van der Waals surface area (Å²) in [4.78, 5) is 11.6. The van der Waals surface area contributed by atoms with E-state index in [1.54, 1.807) is 0 Å². The summed E-state index contributed by atoms with van der Waals surface area (Å²) in [6.45, 7) is 8.41. The van der Waals surface area contributed by atoms with E-state index >= 15 is 0 Å². The van der Waals surface area contributed by atoms with Gasteiger partial charge < -0.3 is 10.1 Å². The van der Waals surface area contributed by atoms with Crippen LogP contribution < -0.4 is 5.32 Å². The number of benzene rings is 1. The maximum absolute atomic E-state index is 11.6. The Bertz CT molecular complexity index is 368. The number of nitrogens with one attached hydrogen (secondary N) is 1. The van der Waals surface area contributed by atoms with Crippen LogP contribution in [0.25, 0.3) is 0 Å². The Morgan fingerprint density at radius 2 is 1.89 bits per heavy atom. The number of rotatable bonds is 5. The minimum atomic E-state index is -0.407. The Hall–Kier alpha value is -1.35. The molecule has 18 heavy (non-hydrogen) atoms. The molecule has 0 aromatic heterocycles. The SMILES string of the molecule is C[C@@H](CC(=O)OC(C)(C)C)NCc1ccccc1. The molecule has 0 aliphatic heterocycles. The molecule has 0 unspecified atom stereocenters.